The molecule has 2 fully saturated rings. The van der Waals surface area contributed by atoms with E-state index in [-0.39, 0.29) is 11.9 Å². The van der Waals surface area contributed by atoms with Gasteiger partial charge in [-0.1, -0.05) is 48.5 Å². The number of carbonyl (C=O) groups excluding carboxylic acids is 2. The molecule has 0 spiro atoms. The predicted octanol–water partition coefficient (Wildman–Crippen LogP) is 2.23. The fourth-order valence-electron chi connectivity index (χ4n) is 3.78. The smallest absolute Gasteiger partial charge is 0.326 e. The van der Waals surface area contributed by atoms with Crippen molar-refractivity contribution in [2.75, 3.05) is 37.7 Å². The second kappa shape index (κ2) is 7.04. The normalized spacial score (nSPS) is 23.6. The van der Waals surface area contributed by atoms with Gasteiger partial charge in [0.15, 0.2) is 0 Å². The van der Waals surface area contributed by atoms with Crippen molar-refractivity contribution in [3.05, 3.63) is 66.2 Å². The number of amides is 3. The predicted molar refractivity (Wildman–Crippen MR) is 104 cm³/mol. The largest absolute Gasteiger partial charge is 0.369 e. The van der Waals surface area contributed by atoms with Crippen molar-refractivity contribution in [1.82, 2.24) is 15.1 Å². The molecule has 1 N–H and O–H groups in total. The summed E-state index contributed by atoms with van der Waals surface area (Å²) in [6.45, 7) is 5.49. The lowest BCUT2D eigenvalue weighted by molar-refractivity contribution is -0.132. The molecule has 0 radical (unpaired) electrons. The van der Waals surface area contributed by atoms with Gasteiger partial charge >= 0.3 is 6.03 Å². The van der Waals surface area contributed by atoms with Crippen molar-refractivity contribution >= 4 is 17.6 Å². The maximum absolute atomic E-state index is 13.0. The topological polar surface area (TPSA) is 55.9 Å². The monoisotopic (exact) mass is 364 g/mol. The van der Waals surface area contributed by atoms with Crippen LogP contribution in [-0.2, 0) is 10.3 Å². The third-order valence-electron chi connectivity index (χ3n) is 5.46. The maximum atomic E-state index is 13.0. The molecule has 6 nitrogen and oxygen atoms in total. The number of nitrogens with zero attached hydrogens (tertiary/aromatic N) is 3. The molecule has 0 aliphatic carbocycles. The lowest BCUT2D eigenvalue weighted by Gasteiger charge is -2.37. The van der Waals surface area contributed by atoms with Crippen molar-refractivity contribution in [3.63, 3.8) is 0 Å². The van der Waals surface area contributed by atoms with Gasteiger partial charge in [0.25, 0.3) is 5.91 Å². The zero-order chi connectivity index (χ0) is 18.9. The van der Waals surface area contributed by atoms with E-state index in [9.17, 15) is 9.59 Å². The van der Waals surface area contributed by atoms with E-state index < -0.39 is 5.54 Å². The molecule has 2 aromatic rings. The summed E-state index contributed by atoms with van der Waals surface area (Å²) >= 11 is 0. The van der Waals surface area contributed by atoms with Crippen LogP contribution >= 0.6 is 0 Å². The second-order valence-electron chi connectivity index (χ2n) is 7.24. The van der Waals surface area contributed by atoms with E-state index in [0.29, 0.717) is 6.67 Å². The van der Waals surface area contributed by atoms with Crippen molar-refractivity contribution in [3.8, 4) is 0 Å². The number of anilines is 1. The first kappa shape index (κ1) is 17.5. The summed E-state index contributed by atoms with van der Waals surface area (Å²) in [5.74, 6) is -0.191. The number of nitrogens with one attached hydrogen (secondary N) is 1. The Balaban J connectivity index is 1.40. The fraction of sp³-hybridized carbons (Fsp3) is 0.333. The Labute approximate surface area is 159 Å². The summed E-state index contributed by atoms with van der Waals surface area (Å²) in [5, 5.41) is 2.87. The van der Waals surface area contributed by atoms with Crippen LogP contribution in [0.2, 0.25) is 0 Å². The lowest BCUT2D eigenvalue weighted by atomic mass is 9.92. The van der Waals surface area contributed by atoms with Crippen molar-refractivity contribution in [1.29, 1.82) is 0 Å². The minimum absolute atomic E-state index is 0.191. The van der Waals surface area contributed by atoms with Crippen LogP contribution in [0.1, 0.15) is 12.5 Å². The van der Waals surface area contributed by atoms with E-state index >= 15 is 0 Å². The highest BCUT2D eigenvalue weighted by Crippen LogP contribution is 2.29. The number of rotatable bonds is 4. The molecule has 0 unspecified atom stereocenters. The number of piperazine rings is 1. The van der Waals surface area contributed by atoms with Gasteiger partial charge in [0, 0.05) is 31.9 Å². The third kappa shape index (κ3) is 3.28. The number of urea groups is 1. The first-order valence-corrected chi connectivity index (χ1v) is 9.30. The van der Waals surface area contributed by atoms with E-state index in [0.717, 1.165) is 31.7 Å². The maximum Gasteiger partial charge on any atom is 0.326 e. The minimum atomic E-state index is -0.996. The SMILES string of the molecule is C[C@@]1(c2ccccc2)NC(=O)N(CN2CCN(c3ccccc3)CC2)C1=O. The molecule has 3 amide bonds. The van der Waals surface area contributed by atoms with E-state index in [1.165, 1.54) is 10.6 Å². The standard InChI is InChI=1S/C21H24N4O2/c1-21(17-8-4-2-5-9-17)19(26)25(20(27)22-21)16-23-12-14-24(15-13-23)18-10-6-3-7-11-18/h2-11H,12-16H2,1H3,(H,22,27)/t21-/m0/s1. The van der Waals surface area contributed by atoms with Crippen LogP contribution in [-0.4, -0.2) is 54.6 Å². The van der Waals surface area contributed by atoms with Crippen LogP contribution in [0.15, 0.2) is 60.7 Å². The van der Waals surface area contributed by atoms with Crippen LogP contribution in [0.4, 0.5) is 10.5 Å². The highest BCUT2D eigenvalue weighted by Gasteiger charge is 2.49. The van der Waals surface area contributed by atoms with Crippen LogP contribution in [0.25, 0.3) is 0 Å². The van der Waals surface area contributed by atoms with Gasteiger partial charge in [-0.05, 0) is 24.6 Å². The van der Waals surface area contributed by atoms with E-state index in [4.69, 9.17) is 0 Å². The molecule has 140 valence electrons. The van der Waals surface area contributed by atoms with Gasteiger partial charge in [0.05, 0.1) is 6.67 Å². The van der Waals surface area contributed by atoms with E-state index in [1.54, 1.807) is 6.92 Å². The lowest BCUT2D eigenvalue weighted by Crippen LogP contribution is -2.51. The first-order valence-electron chi connectivity index (χ1n) is 9.30. The number of carbonyl (C=O) groups is 2. The van der Waals surface area contributed by atoms with Gasteiger partial charge in [0.2, 0.25) is 0 Å². The Kier molecular flexibility index (Phi) is 4.58. The summed E-state index contributed by atoms with van der Waals surface area (Å²) in [6.07, 6.45) is 0. The minimum Gasteiger partial charge on any atom is -0.369 e. The Morgan fingerprint density at radius 1 is 0.889 bits per heavy atom. The van der Waals surface area contributed by atoms with Gasteiger partial charge in [-0.15, -0.1) is 0 Å². The third-order valence-corrected chi connectivity index (χ3v) is 5.46. The van der Waals surface area contributed by atoms with Crippen LogP contribution in [0, 0.1) is 0 Å². The van der Waals surface area contributed by atoms with Gasteiger partial charge in [-0.3, -0.25) is 9.69 Å². The molecular weight excluding hydrogens is 340 g/mol. The van der Waals surface area contributed by atoms with Gasteiger partial charge < -0.3 is 10.2 Å². The number of hydrogen-bond acceptors (Lipinski definition) is 4. The highest BCUT2D eigenvalue weighted by molar-refractivity contribution is 6.07. The Morgan fingerprint density at radius 3 is 2.11 bits per heavy atom. The summed E-state index contributed by atoms with van der Waals surface area (Å²) in [6, 6.07) is 19.4. The van der Waals surface area contributed by atoms with Crippen LogP contribution < -0.4 is 10.2 Å². The number of hydrogen-bond donors (Lipinski definition) is 1. The van der Waals surface area contributed by atoms with Crippen molar-refractivity contribution in [2.24, 2.45) is 0 Å². The van der Waals surface area contributed by atoms with Gasteiger partial charge in [0.1, 0.15) is 5.54 Å². The summed E-state index contributed by atoms with van der Waals surface area (Å²) < 4.78 is 0. The zero-order valence-electron chi connectivity index (χ0n) is 15.5. The molecule has 4 rings (SSSR count). The van der Waals surface area contributed by atoms with Crippen LogP contribution in [0.5, 0.6) is 0 Å². The Morgan fingerprint density at radius 2 is 1.48 bits per heavy atom. The molecule has 2 saturated heterocycles. The highest BCUT2D eigenvalue weighted by atomic mass is 16.2. The summed E-state index contributed by atoms with van der Waals surface area (Å²) in [7, 11) is 0. The summed E-state index contributed by atoms with van der Waals surface area (Å²) in [4.78, 5) is 31.3. The molecule has 0 bridgehead atoms. The molecule has 2 heterocycles. The number of para-hydroxylation sites is 1. The molecule has 2 aliphatic rings. The van der Waals surface area contributed by atoms with E-state index in [2.05, 4.69) is 27.2 Å². The van der Waals surface area contributed by atoms with E-state index in [1.807, 2.05) is 48.5 Å². The second-order valence-corrected chi connectivity index (χ2v) is 7.24. The average molecular weight is 364 g/mol. The molecule has 2 aliphatic heterocycles. The molecular formula is C21H24N4O2. The van der Waals surface area contributed by atoms with Crippen LogP contribution in [0.3, 0.4) is 0 Å². The fourth-order valence-corrected chi connectivity index (χ4v) is 3.78. The number of benzene rings is 2. The summed E-state index contributed by atoms with van der Waals surface area (Å²) in [5.41, 5.74) is 1.02. The van der Waals surface area contributed by atoms with Crippen molar-refractivity contribution in [2.45, 2.75) is 12.5 Å². The number of imide groups is 1. The molecule has 1 atom stereocenters. The van der Waals surface area contributed by atoms with Crippen molar-refractivity contribution < 1.29 is 9.59 Å². The zero-order valence-corrected chi connectivity index (χ0v) is 15.5. The molecule has 2 aromatic carbocycles. The first-order chi connectivity index (χ1) is 13.1. The molecule has 27 heavy (non-hydrogen) atoms. The molecule has 0 saturated carbocycles. The Hall–Kier alpha value is -2.86. The molecule has 6 heteroatoms. The van der Waals surface area contributed by atoms with Gasteiger partial charge in [-0.2, -0.15) is 0 Å². The average Bonchev–Trinajstić information content (AvgIpc) is 2.94. The molecule has 0 aromatic heterocycles. The quantitative estimate of drug-likeness (QED) is 0.846. The Bertz CT molecular complexity index is 819. The van der Waals surface area contributed by atoms with Gasteiger partial charge in [-0.25, -0.2) is 9.69 Å².